The Kier molecular flexibility index (Phi) is 4.10. The third-order valence-corrected chi connectivity index (χ3v) is 3.17. The van der Waals surface area contributed by atoms with Crippen LogP contribution in [0.3, 0.4) is 0 Å². The molecule has 104 valence electrons. The van der Waals surface area contributed by atoms with Crippen LogP contribution < -0.4 is 5.32 Å². The van der Waals surface area contributed by atoms with Gasteiger partial charge in [0.1, 0.15) is 18.2 Å². The van der Waals surface area contributed by atoms with Crippen LogP contribution in [-0.4, -0.2) is 50.5 Å². The van der Waals surface area contributed by atoms with Gasteiger partial charge in [-0.1, -0.05) is 0 Å². The van der Waals surface area contributed by atoms with Crippen LogP contribution in [0, 0.1) is 0 Å². The zero-order valence-corrected chi connectivity index (χ0v) is 10.4. The Labute approximate surface area is 109 Å². The van der Waals surface area contributed by atoms with E-state index in [0.29, 0.717) is 19.8 Å². The summed E-state index contributed by atoms with van der Waals surface area (Å²) in [7, 11) is 0. The van der Waals surface area contributed by atoms with E-state index in [1.807, 2.05) is 0 Å². The maximum absolute atomic E-state index is 11.8. The van der Waals surface area contributed by atoms with E-state index in [1.54, 1.807) is 0 Å². The molecule has 0 unspecified atom stereocenters. The summed E-state index contributed by atoms with van der Waals surface area (Å²) in [6, 6.07) is 0. The minimum absolute atomic E-state index is 0.166. The highest BCUT2D eigenvalue weighted by Gasteiger charge is 2.41. The molecule has 2 rings (SSSR count). The number of ether oxygens (including phenoxy) is 1. The van der Waals surface area contributed by atoms with Gasteiger partial charge in [0.15, 0.2) is 0 Å². The number of hydrogen-bond acceptors (Lipinski definition) is 5. The molecule has 1 aromatic heterocycles. The molecule has 0 radical (unpaired) electrons. The van der Waals surface area contributed by atoms with Crippen LogP contribution in [-0.2, 0) is 20.9 Å². The number of carbonyl (C=O) groups is 2. The fourth-order valence-corrected chi connectivity index (χ4v) is 2.01. The Morgan fingerprint density at radius 1 is 1.42 bits per heavy atom. The van der Waals surface area contributed by atoms with Gasteiger partial charge in [-0.3, -0.25) is 9.48 Å². The number of nitrogens with zero attached hydrogens (tertiary/aromatic N) is 3. The first kappa shape index (κ1) is 13.5. The molecule has 0 saturated carbocycles. The molecule has 0 bridgehead atoms. The van der Waals surface area contributed by atoms with Crippen molar-refractivity contribution < 1.29 is 19.4 Å². The molecule has 1 aliphatic heterocycles. The van der Waals surface area contributed by atoms with Gasteiger partial charge in [0.25, 0.3) is 0 Å². The van der Waals surface area contributed by atoms with E-state index < -0.39 is 11.5 Å². The summed E-state index contributed by atoms with van der Waals surface area (Å²) in [5.74, 6) is -1.32. The average Bonchev–Trinajstić information content (AvgIpc) is 2.90. The molecule has 19 heavy (non-hydrogen) atoms. The summed E-state index contributed by atoms with van der Waals surface area (Å²) in [6.07, 6.45) is 3.64. The van der Waals surface area contributed by atoms with Crippen LogP contribution in [0.2, 0.25) is 0 Å². The van der Waals surface area contributed by atoms with Gasteiger partial charge in [-0.2, -0.15) is 5.10 Å². The van der Waals surface area contributed by atoms with Crippen LogP contribution in [0.25, 0.3) is 0 Å². The second-order valence-corrected chi connectivity index (χ2v) is 4.46. The fourth-order valence-electron chi connectivity index (χ4n) is 2.01. The van der Waals surface area contributed by atoms with Crippen molar-refractivity contribution in [2.75, 3.05) is 13.2 Å². The number of rotatable bonds is 5. The third kappa shape index (κ3) is 3.28. The van der Waals surface area contributed by atoms with Gasteiger partial charge in [0.2, 0.25) is 5.91 Å². The number of aryl methyl sites for hydroxylation is 1. The van der Waals surface area contributed by atoms with Crippen molar-refractivity contribution in [1.82, 2.24) is 20.1 Å². The smallest absolute Gasteiger partial charge is 0.329 e. The molecular formula is C11H16N4O4. The topological polar surface area (TPSA) is 106 Å². The van der Waals surface area contributed by atoms with Gasteiger partial charge in [-0.25, -0.2) is 9.78 Å². The molecule has 8 nitrogen and oxygen atoms in total. The molecule has 0 atom stereocenters. The Balaban J connectivity index is 1.90. The lowest BCUT2D eigenvalue weighted by Gasteiger charge is -2.33. The van der Waals surface area contributed by atoms with Crippen LogP contribution in [0.1, 0.15) is 19.3 Å². The predicted molar refractivity (Wildman–Crippen MR) is 63.2 cm³/mol. The van der Waals surface area contributed by atoms with E-state index in [2.05, 4.69) is 15.4 Å². The van der Waals surface area contributed by atoms with Gasteiger partial charge in [-0.15, -0.1) is 0 Å². The summed E-state index contributed by atoms with van der Waals surface area (Å²) in [5, 5.41) is 15.8. The predicted octanol–water partition coefficient (Wildman–Crippen LogP) is -0.582. The SMILES string of the molecule is O=C(CCn1cncn1)NC1(C(=O)O)CCOCC1. The largest absolute Gasteiger partial charge is 0.480 e. The van der Waals surface area contributed by atoms with Crippen molar-refractivity contribution in [2.45, 2.75) is 31.3 Å². The molecule has 0 aromatic carbocycles. The van der Waals surface area contributed by atoms with Gasteiger partial charge in [0, 0.05) is 32.5 Å². The fraction of sp³-hybridized carbons (Fsp3) is 0.636. The lowest BCUT2D eigenvalue weighted by atomic mass is 9.90. The second kappa shape index (κ2) is 5.79. The maximum Gasteiger partial charge on any atom is 0.329 e. The zero-order chi connectivity index (χ0) is 13.7. The molecule has 1 fully saturated rings. The van der Waals surface area contributed by atoms with E-state index in [0.717, 1.165) is 0 Å². The Morgan fingerprint density at radius 3 is 2.74 bits per heavy atom. The van der Waals surface area contributed by atoms with E-state index >= 15 is 0 Å². The first-order valence-electron chi connectivity index (χ1n) is 6.07. The van der Waals surface area contributed by atoms with Gasteiger partial charge < -0.3 is 15.2 Å². The molecule has 1 saturated heterocycles. The quantitative estimate of drug-likeness (QED) is 0.740. The highest BCUT2D eigenvalue weighted by Crippen LogP contribution is 2.21. The molecule has 2 N–H and O–H groups in total. The molecule has 0 aliphatic carbocycles. The average molecular weight is 268 g/mol. The van der Waals surface area contributed by atoms with E-state index in [9.17, 15) is 14.7 Å². The number of aliphatic carboxylic acids is 1. The number of carbonyl (C=O) groups excluding carboxylic acids is 1. The molecular weight excluding hydrogens is 252 g/mol. The molecule has 2 heterocycles. The van der Waals surface area contributed by atoms with E-state index in [1.165, 1.54) is 17.3 Å². The summed E-state index contributed by atoms with van der Waals surface area (Å²) >= 11 is 0. The van der Waals surface area contributed by atoms with Gasteiger partial charge in [-0.05, 0) is 0 Å². The molecule has 1 amide bonds. The lowest BCUT2D eigenvalue weighted by molar-refractivity contribution is -0.152. The minimum Gasteiger partial charge on any atom is -0.480 e. The molecule has 1 aromatic rings. The van der Waals surface area contributed by atoms with Crippen molar-refractivity contribution >= 4 is 11.9 Å². The van der Waals surface area contributed by atoms with Crippen LogP contribution in [0.5, 0.6) is 0 Å². The van der Waals surface area contributed by atoms with E-state index in [4.69, 9.17) is 4.74 Å². The number of amides is 1. The number of carboxylic acid groups (broad SMARTS) is 1. The molecule has 1 aliphatic rings. The summed E-state index contributed by atoms with van der Waals surface area (Å²) in [4.78, 5) is 27.0. The van der Waals surface area contributed by atoms with Crippen LogP contribution in [0.15, 0.2) is 12.7 Å². The van der Waals surface area contributed by atoms with Crippen molar-refractivity contribution in [3.8, 4) is 0 Å². The first-order valence-corrected chi connectivity index (χ1v) is 6.07. The highest BCUT2D eigenvalue weighted by molar-refractivity contribution is 5.87. The maximum atomic E-state index is 11.8. The summed E-state index contributed by atoms with van der Waals surface area (Å²) in [6.45, 7) is 1.06. The van der Waals surface area contributed by atoms with Crippen molar-refractivity contribution in [3.63, 3.8) is 0 Å². The lowest BCUT2D eigenvalue weighted by Crippen LogP contribution is -2.57. The summed E-state index contributed by atoms with van der Waals surface area (Å²) in [5.41, 5.74) is -1.20. The normalized spacial score (nSPS) is 17.9. The number of hydrogen-bond donors (Lipinski definition) is 2. The van der Waals surface area contributed by atoms with Crippen molar-refractivity contribution in [2.24, 2.45) is 0 Å². The highest BCUT2D eigenvalue weighted by atomic mass is 16.5. The molecule has 8 heteroatoms. The molecule has 0 spiro atoms. The monoisotopic (exact) mass is 268 g/mol. The second-order valence-electron chi connectivity index (χ2n) is 4.46. The Hall–Kier alpha value is -1.96. The van der Waals surface area contributed by atoms with Crippen LogP contribution in [0.4, 0.5) is 0 Å². The van der Waals surface area contributed by atoms with Gasteiger partial charge >= 0.3 is 5.97 Å². The Morgan fingerprint density at radius 2 is 2.16 bits per heavy atom. The Bertz CT molecular complexity index is 440. The van der Waals surface area contributed by atoms with Crippen molar-refractivity contribution in [1.29, 1.82) is 0 Å². The minimum atomic E-state index is -1.20. The van der Waals surface area contributed by atoms with Crippen LogP contribution >= 0.6 is 0 Å². The third-order valence-electron chi connectivity index (χ3n) is 3.17. The standard InChI is InChI=1S/C11H16N4O4/c16-9(1-4-15-8-12-7-13-15)14-11(10(17)18)2-5-19-6-3-11/h7-8H,1-6H2,(H,14,16)(H,17,18). The van der Waals surface area contributed by atoms with E-state index in [-0.39, 0.29) is 25.2 Å². The number of carboxylic acids is 1. The number of nitrogens with one attached hydrogen (secondary N) is 1. The first-order chi connectivity index (χ1) is 9.12. The van der Waals surface area contributed by atoms with Gasteiger partial charge in [0.05, 0.1) is 6.54 Å². The number of aromatic nitrogens is 3. The summed E-state index contributed by atoms with van der Waals surface area (Å²) < 4.78 is 6.66. The zero-order valence-electron chi connectivity index (χ0n) is 10.4. The van der Waals surface area contributed by atoms with Crippen molar-refractivity contribution in [3.05, 3.63) is 12.7 Å².